The van der Waals surface area contributed by atoms with Crippen LogP contribution in [-0.4, -0.2) is 47.7 Å². The summed E-state index contributed by atoms with van der Waals surface area (Å²) in [5.74, 6) is -0.720. The molecule has 1 aromatic carbocycles. The Morgan fingerprint density at radius 2 is 1.90 bits per heavy atom. The summed E-state index contributed by atoms with van der Waals surface area (Å²) in [6, 6.07) is 9.70. The van der Waals surface area contributed by atoms with Crippen molar-refractivity contribution in [2.45, 2.75) is 58.2 Å². The maximum absolute atomic E-state index is 12.8. The molecule has 0 bridgehead atoms. The molecular formula is C22H29N5O2. The van der Waals surface area contributed by atoms with Gasteiger partial charge >= 0.3 is 0 Å². The van der Waals surface area contributed by atoms with Crippen LogP contribution in [0, 0.1) is 11.3 Å². The molecule has 1 saturated heterocycles. The average molecular weight is 396 g/mol. The van der Waals surface area contributed by atoms with Crippen molar-refractivity contribution in [3.63, 3.8) is 0 Å². The zero-order valence-corrected chi connectivity index (χ0v) is 17.4. The van der Waals surface area contributed by atoms with Gasteiger partial charge in [-0.15, -0.1) is 0 Å². The molecule has 7 heteroatoms. The van der Waals surface area contributed by atoms with Crippen molar-refractivity contribution < 1.29 is 9.53 Å². The van der Waals surface area contributed by atoms with E-state index in [4.69, 9.17) is 14.7 Å². The summed E-state index contributed by atoms with van der Waals surface area (Å²) in [4.78, 5) is 24.4. The molecule has 0 unspecified atom stereocenters. The first-order valence-corrected chi connectivity index (χ1v) is 10.4. The zero-order chi connectivity index (χ0) is 20.8. The summed E-state index contributed by atoms with van der Waals surface area (Å²) in [6.45, 7) is 7.98. The Morgan fingerprint density at radius 1 is 1.24 bits per heavy atom. The number of fused-ring (bicyclic) bond motifs is 1. The predicted molar refractivity (Wildman–Crippen MR) is 113 cm³/mol. The molecule has 1 amide bonds. The number of hydrogen-bond donors (Lipinski definition) is 1. The lowest BCUT2D eigenvalue weighted by Crippen LogP contribution is -2.46. The molecule has 154 valence electrons. The third-order valence-corrected chi connectivity index (χ3v) is 5.04. The van der Waals surface area contributed by atoms with Gasteiger partial charge in [-0.2, -0.15) is 5.26 Å². The number of nitriles is 1. The second-order valence-electron chi connectivity index (χ2n) is 7.64. The van der Waals surface area contributed by atoms with E-state index in [1.54, 1.807) is 0 Å². The first-order valence-electron chi connectivity index (χ1n) is 10.4. The Labute approximate surface area is 172 Å². The second-order valence-corrected chi connectivity index (χ2v) is 7.64. The van der Waals surface area contributed by atoms with E-state index in [0.29, 0.717) is 36.7 Å². The molecule has 0 aliphatic carbocycles. The molecule has 2 heterocycles. The smallest absolute Gasteiger partial charge is 0.243 e. The summed E-state index contributed by atoms with van der Waals surface area (Å²) in [5, 5.41) is 12.7. The highest BCUT2D eigenvalue weighted by Gasteiger charge is 2.31. The fourth-order valence-corrected chi connectivity index (χ4v) is 3.71. The van der Waals surface area contributed by atoms with Crippen LogP contribution >= 0.6 is 0 Å². The number of aromatic nitrogens is 2. The number of hydrogen-bond acceptors (Lipinski definition) is 6. The highest BCUT2D eigenvalue weighted by Crippen LogP contribution is 2.29. The van der Waals surface area contributed by atoms with Gasteiger partial charge in [-0.25, -0.2) is 9.97 Å². The third-order valence-electron chi connectivity index (χ3n) is 5.04. The number of benzene rings is 1. The number of amides is 1. The number of para-hydroxylation sites is 2. The van der Waals surface area contributed by atoms with E-state index < -0.39 is 5.92 Å². The standard InChI is InChI=1S/C22H29N5O2/c1-4-5-8-11-24-22(28)17(12-23)20-21(27-13-15(2)29-16(3)14-27)26-19-10-7-6-9-18(19)25-20/h6-7,9-10,15-17H,4-5,8,11,13-14H2,1-3H3,(H,24,28)/t15-,16+,17-/m1/s1. The molecule has 1 N–H and O–H groups in total. The Hall–Kier alpha value is -2.72. The van der Waals surface area contributed by atoms with Gasteiger partial charge in [0.05, 0.1) is 29.3 Å². The topological polar surface area (TPSA) is 91.1 Å². The lowest BCUT2D eigenvalue weighted by molar-refractivity contribution is -0.121. The molecule has 1 aromatic heterocycles. The molecule has 1 aliphatic rings. The average Bonchev–Trinajstić information content (AvgIpc) is 2.70. The summed E-state index contributed by atoms with van der Waals surface area (Å²) in [5.41, 5.74) is 1.85. The number of anilines is 1. The van der Waals surface area contributed by atoms with Crippen LogP contribution in [0.4, 0.5) is 5.82 Å². The van der Waals surface area contributed by atoms with Gasteiger partial charge in [-0.05, 0) is 32.4 Å². The van der Waals surface area contributed by atoms with Crippen molar-refractivity contribution in [1.29, 1.82) is 5.26 Å². The van der Waals surface area contributed by atoms with Crippen LogP contribution in [-0.2, 0) is 9.53 Å². The number of nitrogens with one attached hydrogen (secondary N) is 1. The summed E-state index contributed by atoms with van der Waals surface area (Å²) < 4.78 is 5.84. The Kier molecular flexibility index (Phi) is 6.99. The van der Waals surface area contributed by atoms with Crippen LogP contribution < -0.4 is 10.2 Å². The maximum atomic E-state index is 12.8. The van der Waals surface area contributed by atoms with Gasteiger partial charge in [-0.3, -0.25) is 4.79 Å². The molecule has 29 heavy (non-hydrogen) atoms. The molecule has 0 spiro atoms. The largest absolute Gasteiger partial charge is 0.372 e. The van der Waals surface area contributed by atoms with Crippen LogP contribution in [0.3, 0.4) is 0 Å². The third kappa shape index (κ3) is 5.01. The zero-order valence-electron chi connectivity index (χ0n) is 17.4. The number of carbonyl (C=O) groups is 1. The van der Waals surface area contributed by atoms with E-state index in [0.717, 1.165) is 24.8 Å². The van der Waals surface area contributed by atoms with Crippen molar-refractivity contribution in [3.8, 4) is 6.07 Å². The Balaban J connectivity index is 1.97. The lowest BCUT2D eigenvalue weighted by atomic mass is 10.0. The molecule has 1 aliphatic heterocycles. The summed E-state index contributed by atoms with van der Waals surface area (Å²) in [6.07, 6.45) is 3.08. The van der Waals surface area contributed by atoms with Crippen molar-refractivity contribution >= 4 is 22.8 Å². The molecule has 1 fully saturated rings. The molecule has 7 nitrogen and oxygen atoms in total. The number of morpholine rings is 1. The van der Waals surface area contributed by atoms with E-state index in [1.807, 2.05) is 38.1 Å². The van der Waals surface area contributed by atoms with Gasteiger partial charge in [0.15, 0.2) is 11.7 Å². The minimum absolute atomic E-state index is 0.0308. The number of nitrogens with zero attached hydrogens (tertiary/aromatic N) is 4. The van der Waals surface area contributed by atoms with Gasteiger partial charge in [0, 0.05) is 19.6 Å². The number of ether oxygens (including phenoxy) is 1. The van der Waals surface area contributed by atoms with E-state index >= 15 is 0 Å². The molecular weight excluding hydrogens is 366 g/mol. The van der Waals surface area contributed by atoms with Gasteiger partial charge in [0.25, 0.3) is 0 Å². The number of unbranched alkanes of at least 4 members (excludes halogenated alkanes) is 2. The minimum atomic E-state index is -1.00. The highest BCUT2D eigenvalue weighted by molar-refractivity contribution is 5.88. The van der Waals surface area contributed by atoms with E-state index in [2.05, 4.69) is 23.2 Å². The number of rotatable bonds is 7. The van der Waals surface area contributed by atoms with Crippen LogP contribution in [0.2, 0.25) is 0 Å². The maximum Gasteiger partial charge on any atom is 0.243 e. The van der Waals surface area contributed by atoms with E-state index in [1.165, 1.54) is 0 Å². The number of carbonyl (C=O) groups excluding carboxylic acids is 1. The van der Waals surface area contributed by atoms with Crippen molar-refractivity contribution in [2.75, 3.05) is 24.5 Å². The normalized spacial score (nSPS) is 20.3. The van der Waals surface area contributed by atoms with Gasteiger partial charge < -0.3 is 15.0 Å². The lowest BCUT2D eigenvalue weighted by Gasteiger charge is -2.37. The fourth-order valence-electron chi connectivity index (χ4n) is 3.71. The summed E-state index contributed by atoms with van der Waals surface area (Å²) >= 11 is 0. The Bertz CT molecular complexity index is 884. The van der Waals surface area contributed by atoms with Gasteiger partial charge in [-0.1, -0.05) is 31.9 Å². The highest BCUT2D eigenvalue weighted by atomic mass is 16.5. The van der Waals surface area contributed by atoms with Crippen LogP contribution in [0.1, 0.15) is 51.6 Å². The minimum Gasteiger partial charge on any atom is -0.372 e. The molecule has 3 rings (SSSR count). The SMILES string of the molecule is CCCCCNC(=O)[C@H](C#N)c1nc2ccccc2nc1N1C[C@@H](C)O[C@@H](C)C1. The van der Waals surface area contributed by atoms with Crippen LogP contribution in [0.25, 0.3) is 11.0 Å². The Morgan fingerprint density at radius 3 is 2.52 bits per heavy atom. The van der Waals surface area contributed by atoms with Crippen LogP contribution in [0.5, 0.6) is 0 Å². The monoisotopic (exact) mass is 395 g/mol. The van der Waals surface area contributed by atoms with Crippen LogP contribution in [0.15, 0.2) is 24.3 Å². The van der Waals surface area contributed by atoms with Crippen molar-refractivity contribution in [2.24, 2.45) is 0 Å². The van der Waals surface area contributed by atoms with Crippen molar-refractivity contribution in [3.05, 3.63) is 30.0 Å². The van der Waals surface area contributed by atoms with E-state index in [-0.39, 0.29) is 18.1 Å². The predicted octanol–water partition coefficient (Wildman–Crippen LogP) is 3.16. The first kappa shape index (κ1) is 21.0. The fraction of sp³-hybridized carbons (Fsp3) is 0.545. The molecule has 2 aromatic rings. The van der Waals surface area contributed by atoms with Gasteiger partial charge in [0.1, 0.15) is 5.69 Å². The van der Waals surface area contributed by atoms with Crippen molar-refractivity contribution in [1.82, 2.24) is 15.3 Å². The quantitative estimate of drug-likeness (QED) is 0.724. The first-order chi connectivity index (χ1) is 14.0. The molecule has 3 atom stereocenters. The molecule has 0 radical (unpaired) electrons. The summed E-state index contributed by atoms with van der Waals surface area (Å²) in [7, 11) is 0. The van der Waals surface area contributed by atoms with Gasteiger partial charge in [0.2, 0.25) is 5.91 Å². The van der Waals surface area contributed by atoms with E-state index in [9.17, 15) is 10.1 Å². The second kappa shape index (κ2) is 9.66. The molecule has 0 saturated carbocycles.